The van der Waals surface area contributed by atoms with E-state index in [9.17, 15) is 9.18 Å². The Bertz CT molecular complexity index is 674. The van der Waals surface area contributed by atoms with Crippen LogP contribution in [0.3, 0.4) is 0 Å². The van der Waals surface area contributed by atoms with Gasteiger partial charge in [0.2, 0.25) is 0 Å². The Labute approximate surface area is 135 Å². The number of benzene rings is 1. The van der Waals surface area contributed by atoms with Crippen molar-refractivity contribution >= 4 is 5.91 Å². The number of rotatable bonds is 6. The number of hydrogen-bond donors (Lipinski definition) is 1. The molecular formula is C17H22FN3O2. The van der Waals surface area contributed by atoms with E-state index in [-0.39, 0.29) is 18.3 Å². The van der Waals surface area contributed by atoms with Gasteiger partial charge in [-0.2, -0.15) is 5.10 Å². The summed E-state index contributed by atoms with van der Waals surface area (Å²) in [4.78, 5) is 14.4. The van der Waals surface area contributed by atoms with E-state index in [2.05, 4.69) is 5.10 Å². The molecule has 0 radical (unpaired) electrons. The second kappa shape index (κ2) is 7.37. The summed E-state index contributed by atoms with van der Waals surface area (Å²) in [5, 5.41) is 13.6. The molecule has 0 aliphatic rings. The fourth-order valence-corrected chi connectivity index (χ4v) is 2.65. The zero-order valence-corrected chi connectivity index (χ0v) is 13.7. The monoisotopic (exact) mass is 319 g/mol. The third kappa shape index (κ3) is 3.59. The summed E-state index contributed by atoms with van der Waals surface area (Å²) in [6.07, 6.45) is 0.815. The van der Waals surface area contributed by atoms with Gasteiger partial charge in [-0.1, -0.05) is 6.92 Å². The number of carbonyl (C=O) groups excluding carboxylic acids is 1. The van der Waals surface area contributed by atoms with E-state index >= 15 is 0 Å². The molecule has 0 fully saturated rings. The molecule has 6 heteroatoms. The number of aryl methyl sites for hydroxylation is 1. The predicted molar refractivity (Wildman–Crippen MR) is 86.3 cm³/mol. The summed E-state index contributed by atoms with van der Waals surface area (Å²) in [5.41, 5.74) is 2.57. The van der Waals surface area contributed by atoms with Crippen molar-refractivity contribution in [2.45, 2.75) is 27.2 Å². The Hall–Kier alpha value is -2.21. The van der Waals surface area contributed by atoms with Crippen LogP contribution < -0.4 is 0 Å². The van der Waals surface area contributed by atoms with Gasteiger partial charge in [0.25, 0.3) is 5.91 Å². The molecule has 23 heavy (non-hydrogen) atoms. The van der Waals surface area contributed by atoms with E-state index in [4.69, 9.17) is 5.11 Å². The van der Waals surface area contributed by atoms with Gasteiger partial charge in [-0.05, 0) is 44.5 Å². The molecular weight excluding hydrogens is 297 g/mol. The fraction of sp³-hybridized carbons (Fsp3) is 0.412. The van der Waals surface area contributed by atoms with Gasteiger partial charge in [0.05, 0.1) is 29.2 Å². The molecule has 0 aliphatic heterocycles. The van der Waals surface area contributed by atoms with E-state index in [0.717, 1.165) is 6.42 Å². The summed E-state index contributed by atoms with van der Waals surface area (Å²) in [6, 6.07) is 5.98. The van der Waals surface area contributed by atoms with Crippen LogP contribution in [0.1, 0.15) is 35.1 Å². The molecule has 0 spiro atoms. The van der Waals surface area contributed by atoms with Crippen LogP contribution in [0.5, 0.6) is 0 Å². The van der Waals surface area contributed by atoms with Crippen molar-refractivity contribution in [3.8, 4) is 5.69 Å². The number of carbonyl (C=O) groups is 1. The zero-order chi connectivity index (χ0) is 17.0. The van der Waals surface area contributed by atoms with Crippen molar-refractivity contribution in [3.05, 3.63) is 47.0 Å². The average molecular weight is 319 g/mol. The van der Waals surface area contributed by atoms with E-state index in [0.29, 0.717) is 35.7 Å². The van der Waals surface area contributed by atoms with Crippen LogP contribution in [-0.4, -0.2) is 45.4 Å². The third-order valence-electron chi connectivity index (χ3n) is 3.73. The number of aliphatic hydroxyl groups is 1. The van der Waals surface area contributed by atoms with Crippen LogP contribution in [0.25, 0.3) is 5.69 Å². The summed E-state index contributed by atoms with van der Waals surface area (Å²) in [5.74, 6) is -0.451. The maximum Gasteiger partial charge on any atom is 0.257 e. The Kier molecular flexibility index (Phi) is 5.50. The molecule has 2 aromatic rings. The lowest BCUT2D eigenvalue weighted by molar-refractivity contribution is 0.0720. The summed E-state index contributed by atoms with van der Waals surface area (Å²) >= 11 is 0. The molecule has 0 aliphatic carbocycles. The Balaban J connectivity index is 2.40. The maximum absolute atomic E-state index is 13.1. The van der Waals surface area contributed by atoms with E-state index in [1.54, 1.807) is 28.6 Å². The molecule has 1 heterocycles. The summed E-state index contributed by atoms with van der Waals surface area (Å²) in [7, 11) is 0. The number of amides is 1. The van der Waals surface area contributed by atoms with E-state index in [1.165, 1.54) is 12.1 Å². The van der Waals surface area contributed by atoms with Crippen LogP contribution in [0.2, 0.25) is 0 Å². The first-order chi connectivity index (χ1) is 11.0. The molecule has 2 rings (SSSR count). The molecule has 0 bridgehead atoms. The smallest absolute Gasteiger partial charge is 0.257 e. The van der Waals surface area contributed by atoms with Crippen molar-refractivity contribution in [3.63, 3.8) is 0 Å². The van der Waals surface area contributed by atoms with Gasteiger partial charge in [0.15, 0.2) is 0 Å². The normalized spacial score (nSPS) is 10.8. The minimum Gasteiger partial charge on any atom is -0.395 e. The van der Waals surface area contributed by atoms with Crippen LogP contribution in [0.4, 0.5) is 4.39 Å². The second-order valence-corrected chi connectivity index (χ2v) is 5.45. The lowest BCUT2D eigenvalue weighted by Crippen LogP contribution is -2.34. The lowest BCUT2D eigenvalue weighted by Gasteiger charge is -2.21. The highest BCUT2D eigenvalue weighted by Gasteiger charge is 2.23. The maximum atomic E-state index is 13.1. The number of halogens is 1. The fourth-order valence-electron chi connectivity index (χ4n) is 2.65. The zero-order valence-electron chi connectivity index (χ0n) is 13.7. The standard InChI is InChI=1S/C17H22FN3O2/c1-4-9-20(10-11-22)17(23)16-12(2)19-21(13(16)3)15-7-5-14(18)6-8-15/h5-8,22H,4,9-11H2,1-3H3. The topological polar surface area (TPSA) is 58.4 Å². The van der Waals surface area contributed by atoms with Gasteiger partial charge < -0.3 is 10.0 Å². The second-order valence-electron chi connectivity index (χ2n) is 5.45. The van der Waals surface area contributed by atoms with E-state index in [1.807, 2.05) is 13.8 Å². The molecule has 5 nitrogen and oxygen atoms in total. The SMILES string of the molecule is CCCN(CCO)C(=O)c1c(C)nn(-c2ccc(F)cc2)c1C. The number of hydrogen-bond acceptors (Lipinski definition) is 3. The first kappa shape index (κ1) is 17.1. The largest absolute Gasteiger partial charge is 0.395 e. The molecule has 0 saturated heterocycles. The number of nitrogens with zero attached hydrogens (tertiary/aromatic N) is 3. The number of aliphatic hydroxyl groups excluding tert-OH is 1. The van der Waals surface area contributed by atoms with Gasteiger partial charge in [0, 0.05) is 13.1 Å². The van der Waals surface area contributed by atoms with Crippen LogP contribution in [-0.2, 0) is 0 Å². The highest BCUT2D eigenvalue weighted by molar-refractivity contribution is 5.96. The van der Waals surface area contributed by atoms with Gasteiger partial charge >= 0.3 is 0 Å². The first-order valence-electron chi connectivity index (χ1n) is 7.71. The van der Waals surface area contributed by atoms with E-state index < -0.39 is 0 Å². The van der Waals surface area contributed by atoms with Crippen LogP contribution >= 0.6 is 0 Å². The van der Waals surface area contributed by atoms with Crippen LogP contribution in [0.15, 0.2) is 24.3 Å². The molecule has 1 aromatic carbocycles. The van der Waals surface area contributed by atoms with Crippen molar-refractivity contribution in [1.82, 2.24) is 14.7 Å². The van der Waals surface area contributed by atoms with Crippen molar-refractivity contribution < 1.29 is 14.3 Å². The van der Waals surface area contributed by atoms with Gasteiger partial charge in [-0.3, -0.25) is 4.79 Å². The Morgan fingerprint density at radius 3 is 2.48 bits per heavy atom. The van der Waals surface area contributed by atoms with Gasteiger partial charge in [-0.25, -0.2) is 9.07 Å². The van der Waals surface area contributed by atoms with Crippen molar-refractivity contribution in [2.24, 2.45) is 0 Å². The summed E-state index contributed by atoms with van der Waals surface area (Å²) < 4.78 is 14.7. The number of aromatic nitrogens is 2. The average Bonchev–Trinajstić information content (AvgIpc) is 2.82. The lowest BCUT2D eigenvalue weighted by atomic mass is 10.1. The van der Waals surface area contributed by atoms with Crippen LogP contribution in [0, 0.1) is 19.7 Å². The highest BCUT2D eigenvalue weighted by Crippen LogP contribution is 2.20. The molecule has 0 saturated carbocycles. The minimum atomic E-state index is -0.316. The minimum absolute atomic E-state index is 0.0735. The third-order valence-corrected chi connectivity index (χ3v) is 3.73. The molecule has 1 amide bonds. The summed E-state index contributed by atoms with van der Waals surface area (Å²) in [6.45, 7) is 6.39. The van der Waals surface area contributed by atoms with Gasteiger partial charge in [0.1, 0.15) is 5.82 Å². The Morgan fingerprint density at radius 1 is 1.26 bits per heavy atom. The van der Waals surface area contributed by atoms with Crippen molar-refractivity contribution in [2.75, 3.05) is 19.7 Å². The molecule has 1 aromatic heterocycles. The van der Waals surface area contributed by atoms with Gasteiger partial charge in [-0.15, -0.1) is 0 Å². The Morgan fingerprint density at radius 2 is 1.91 bits per heavy atom. The molecule has 1 N–H and O–H groups in total. The highest BCUT2D eigenvalue weighted by atomic mass is 19.1. The quantitative estimate of drug-likeness (QED) is 0.890. The molecule has 0 unspecified atom stereocenters. The molecule has 0 atom stereocenters. The predicted octanol–water partition coefficient (Wildman–Crippen LogP) is 2.47. The van der Waals surface area contributed by atoms with Crippen molar-refractivity contribution in [1.29, 1.82) is 0 Å². The first-order valence-corrected chi connectivity index (χ1v) is 7.71. The molecule has 124 valence electrons.